The molecular weight excluding hydrogens is 505 g/mol. The fraction of sp³-hybridized carbons (Fsp3) is 0.310. The molecule has 3 rings (SSSR count). The van der Waals surface area contributed by atoms with Crippen LogP contribution in [0, 0.1) is 12.7 Å². The molecule has 0 fully saturated rings. The van der Waals surface area contributed by atoms with Crippen molar-refractivity contribution in [1.29, 1.82) is 0 Å². The third-order valence-electron chi connectivity index (χ3n) is 6.35. The number of carbonyl (C=O) groups is 2. The van der Waals surface area contributed by atoms with Gasteiger partial charge in [0.25, 0.3) is 0 Å². The van der Waals surface area contributed by atoms with Gasteiger partial charge in [-0.25, -0.2) is 12.8 Å². The summed E-state index contributed by atoms with van der Waals surface area (Å²) in [4.78, 5) is 28.0. The molecule has 3 aromatic carbocycles. The zero-order valence-corrected chi connectivity index (χ0v) is 22.7. The van der Waals surface area contributed by atoms with Crippen LogP contribution in [0.1, 0.15) is 29.5 Å². The number of nitrogens with one attached hydrogen (secondary N) is 1. The Balaban J connectivity index is 1.86. The molecule has 7 nitrogen and oxygen atoms in total. The summed E-state index contributed by atoms with van der Waals surface area (Å²) < 4.78 is 41.0. The minimum Gasteiger partial charge on any atom is -0.357 e. The van der Waals surface area contributed by atoms with E-state index in [1.54, 1.807) is 30.3 Å². The molecule has 0 aromatic heterocycles. The zero-order valence-electron chi connectivity index (χ0n) is 21.9. The molecule has 0 bridgehead atoms. The monoisotopic (exact) mass is 539 g/mol. The van der Waals surface area contributed by atoms with Crippen LogP contribution in [0.2, 0.25) is 0 Å². The number of aryl methyl sites for hydroxylation is 1. The van der Waals surface area contributed by atoms with E-state index >= 15 is 0 Å². The van der Waals surface area contributed by atoms with Crippen molar-refractivity contribution in [2.45, 2.75) is 38.8 Å². The van der Waals surface area contributed by atoms with Crippen LogP contribution < -0.4 is 9.62 Å². The summed E-state index contributed by atoms with van der Waals surface area (Å²) in [7, 11) is -2.09. The number of rotatable bonds is 12. The van der Waals surface area contributed by atoms with E-state index in [0.29, 0.717) is 11.3 Å². The Morgan fingerprint density at radius 2 is 1.58 bits per heavy atom. The molecule has 0 aliphatic carbocycles. The first-order valence-electron chi connectivity index (χ1n) is 12.4. The normalized spacial score (nSPS) is 12.0. The Bertz CT molecular complexity index is 1350. The predicted molar refractivity (Wildman–Crippen MR) is 148 cm³/mol. The van der Waals surface area contributed by atoms with Crippen molar-refractivity contribution >= 4 is 27.5 Å². The summed E-state index contributed by atoms with van der Waals surface area (Å²) >= 11 is 0. The van der Waals surface area contributed by atoms with Gasteiger partial charge in [0.2, 0.25) is 21.8 Å². The van der Waals surface area contributed by atoms with Crippen molar-refractivity contribution in [2.24, 2.45) is 0 Å². The van der Waals surface area contributed by atoms with E-state index in [2.05, 4.69) is 5.32 Å². The Labute approximate surface area is 224 Å². The van der Waals surface area contributed by atoms with Crippen LogP contribution in [0.5, 0.6) is 0 Å². The number of amides is 2. The number of likely N-dealkylation sites (N-methyl/N-ethyl adjacent to an activating group) is 1. The first kappa shape index (κ1) is 28.8. The second kappa shape index (κ2) is 13.2. The van der Waals surface area contributed by atoms with Gasteiger partial charge in [-0.05, 0) is 36.6 Å². The largest absolute Gasteiger partial charge is 0.357 e. The van der Waals surface area contributed by atoms with E-state index in [-0.39, 0.29) is 44.2 Å². The number of halogens is 1. The van der Waals surface area contributed by atoms with Crippen LogP contribution in [0.3, 0.4) is 0 Å². The number of nitrogens with zero attached hydrogens (tertiary/aromatic N) is 2. The highest BCUT2D eigenvalue weighted by Gasteiger charge is 2.30. The highest BCUT2D eigenvalue weighted by atomic mass is 32.2. The molecule has 0 aliphatic heterocycles. The lowest BCUT2D eigenvalue weighted by Crippen LogP contribution is -2.50. The van der Waals surface area contributed by atoms with Gasteiger partial charge in [-0.15, -0.1) is 0 Å². The summed E-state index contributed by atoms with van der Waals surface area (Å²) in [6.07, 6.45) is 1.58. The molecule has 0 saturated carbocycles. The van der Waals surface area contributed by atoms with Crippen LogP contribution in [-0.4, -0.2) is 51.0 Å². The van der Waals surface area contributed by atoms with Crippen LogP contribution in [0.4, 0.5) is 10.1 Å². The van der Waals surface area contributed by atoms with Gasteiger partial charge in [-0.1, -0.05) is 66.7 Å². The molecule has 3 aromatic rings. The van der Waals surface area contributed by atoms with Gasteiger partial charge in [-0.3, -0.25) is 13.9 Å². The maximum absolute atomic E-state index is 14.6. The quantitative estimate of drug-likeness (QED) is 0.376. The number of anilines is 1. The average Bonchev–Trinajstić information content (AvgIpc) is 2.89. The summed E-state index contributed by atoms with van der Waals surface area (Å²) in [5.74, 6) is -1.20. The Kier molecular flexibility index (Phi) is 10.0. The van der Waals surface area contributed by atoms with E-state index < -0.39 is 21.9 Å². The molecule has 0 radical (unpaired) electrons. The van der Waals surface area contributed by atoms with Crippen molar-refractivity contribution in [1.82, 2.24) is 10.2 Å². The zero-order chi connectivity index (χ0) is 27.7. The van der Waals surface area contributed by atoms with Crippen molar-refractivity contribution in [3.63, 3.8) is 0 Å². The van der Waals surface area contributed by atoms with Gasteiger partial charge in [0.15, 0.2) is 0 Å². The summed E-state index contributed by atoms with van der Waals surface area (Å²) in [6, 6.07) is 21.7. The molecule has 0 aliphatic rings. The van der Waals surface area contributed by atoms with Crippen LogP contribution in [0.25, 0.3) is 0 Å². The van der Waals surface area contributed by atoms with Gasteiger partial charge in [-0.2, -0.15) is 0 Å². The fourth-order valence-electron chi connectivity index (χ4n) is 4.36. The number of hydrogen-bond acceptors (Lipinski definition) is 4. The third-order valence-corrected chi connectivity index (χ3v) is 7.53. The summed E-state index contributed by atoms with van der Waals surface area (Å²) in [6.45, 7) is 1.82. The lowest BCUT2D eigenvalue weighted by atomic mass is 10.0. The Hall–Kier alpha value is -3.72. The third kappa shape index (κ3) is 7.64. The van der Waals surface area contributed by atoms with Crippen molar-refractivity contribution in [3.05, 3.63) is 101 Å². The predicted octanol–water partition coefficient (Wildman–Crippen LogP) is 4.07. The van der Waals surface area contributed by atoms with Gasteiger partial charge < -0.3 is 10.2 Å². The highest BCUT2D eigenvalue weighted by molar-refractivity contribution is 7.92. The van der Waals surface area contributed by atoms with Crippen LogP contribution >= 0.6 is 0 Å². The van der Waals surface area contributed by atoms with Crippen molar-refractivity contribution < 1.29 is 22.4 Å². The van der Waals surface area contributed by atoms with Crippen molar-refractivity contribution in [3.8, 4) is 0 Å². The fourth-order valence-corrected chi connectivity index (χ4v) is 5.38. The number of benzene rings is 3. The molecule has 0 unspecified atom stereocenters. The van der Waals surface area contributed by atoms with Gasteiger partial charge in [0.1, 0.15) is 11.9 Å². The minimum absolute atomic E-state index is 0.0192. The van der Waals surface area contributed by atoms with Crippen molar-refractivity contribution in [2.75, 3.05) is 24.2 Å². The lowest BCUT2D eigenvalue weighted by Gasteiger charge is -2.31. The number of carbonyl (C=O) groups excluding carboxylic acids is 2. The topological polar surface area (TPSA) is 86.8 Å². The number of hydrogen-bond donors (Lipinski definition) is 1. The SMILES string of the molecule is CNC(=O)[C@H](Cc1ccccc1)N(Cc1ccccc1F)C(=O)CCCN(c1ccccc1C)S(C)(=O)=O. The molecule has 0 spiro atoms. The van der Waals surface area contributed by atoms with E-state index in [1.807, 2.05) is 49.4 Å². The minimum atomic E-state index is -3.59. The Morgan fingerprint density at radius 1 is 0.947 bits per heavy atom. The smallest absolute Gasteiger partial charge is 0.242 e. The molecule has 202 valence electrons. The van der Waals surface area contributed by atoms with E-state index in [0.717, 1.165) is 17.4 Å². The van der Waals surface area contributed by atoms with Gasteiger partial charge >= 0.3 is 0 Å². The second-order valence-corrected chi connectivity index (χ2v) is 11.1. The maximum atomic E-state index is 14.6. The molecule has 38 heavy (non-hydrogen) atoms. The van der Waals surface area contributed by atoms with Gasteiger partial charge in [0, 0.05) is 38.5 Å². The Morgan fingerprint density at radius 3 is 2.21 bits per heavy atom. The number of para-hydroxylation sites is 1. The molecule has 0 heterocycles. The molecule has 0 saturated heterocycles. The summed E-state index contributed by atoms with van der Waals surface area (Å²) in [5.41, 5.74) is 2.50. The number of sulfonamides is 1. The highest BCUT2D eigenvalue weighted by Crippen LogP contribution is 2.23. The molecule has 1 N–H and O–H groups in total. The first-order valence-corrected chi connectivity index (χ1v) is 14.3. The van der Waals surface area contributed by atoms with E-state index in [9.17, 15) is 22.4 Å². The first-order chi connectivity index (χ1) is 18.1. The molecule has 2 amide bonds. The van der Waals surface area contributed by atoms with Gasteiger partial charge in [0.05, 0.1) is 11.9 Å². The maximum Gasteiger partial charge on any atom is 0.242 e. The lowest BCUT2D eigenvalue weighted by molar-refractivity contribution is -0.141. The molecular formula is C29H34FN3O4S. The van der Waals surface area contributed by atoms with Crippen LogP contribution in [-0.2, 0) is 32.6 Å². The standard InChI is InChI=1S/C29H34FN3O4S/c1-22-12-7-10-17-26(22)33(38(3,36)37)19-11-18-28(34)32(21-24-15-8-9-16-25(24)30)27(29(35)31-2)20-23-13-5-4-6-14-23/h4-10,12-17,27H,11,18-21H2,1-3H3,(H,31,35)/t27-/m0/s1. The molecule has 9 heteroatoms. The second-order valence-electron chi connectivity index (χ2n) is 9.16. The van der Waals surface area contributed by atoms with E-state index in [1.165, 1.54) is 22.3 Å². The average molecular weight is 540 g/mol. The molecule has 1 atom stereocenters. The van der Waals surface area contributed by atoms with E-state index in [4.69, 9.17) is 0 Å². The summed E-state index contributed by atoms with van der Waals surface area (Å²) in [5, 5.41) is 2.63. The van der Waals surface area contributed by atoms with Crippen LogP contribution in [0.15, 0.2) is 78.9 Å².